The lowest BCUT2D eigenvalue weighted by molar-refractivity contribution is 0.0506. The van der Waals surface area contributed by atoms with Crippen molar-refractivity contribution in [1.29, 1.82) is 0 Å². The molecule has 1 heterocycles. The van der Waals surface area contributed by atoms with Gasteiger partial charge in [0.2, 0.25) is 0 Å². The number of hydrogen-bond donors (Lipinski definition) is 0. The van der Waals surface area contributed by atoms with Crippen LogP contribution in [0.1, 0.15) is 0 Å². The minimum Gasteiger partial charge on any atom is -0.417 e. The van der Waals surface area contributed by atoms with Gasteiger partial charge in [-0.3, -0.25) is 0 Å². The normalized spacial score (nSPS) is 22.0. The van der Waals surface area contributed by atoms with Crippen LogP contribution in [0.15, 0.2) is 24.8 Å². The maximum Gasteiger partial charge on any atom is 0.159 e. The van der Waals surface area contributed by atoms with E-state index in [0.29, 0.717) is 6.61 Å². The summed E-state index contributed by atoms with van der Waals surface area (Å²) in [6.07, 6.45) is 6.34. The molecule has 0 spiro atoms. The highest BCUT2D eigenvalue weighted by Gasteiger charge is 2.64. The Morgan fingerprint density at radius 2 is 1.45 bits per heavy atom. The van der Waals surface area contributed by atoms with Gasteiger partial charge >= 0.3 is 0 Å². The molecule has 0 fully saturated rings. The van der Waals surface area contributed by atoms with Gasteiger partial charge in [0.15, 0.2) is 6.87 Å². The van der Waals surface area contributed by atoms with Gasteiger partial charge in [-0.25, -0.2) is 0 Å². The Morgan fingerprint density at radius 3 is 1.73 bits per heavy atom. The van der Waals surface area contributed by atoms with E-state index in [2.05, 4.69) is 77.7 Å². The molecule has 0 saturated heterocycles. The largest absolute Gasteiger partial charge is 0.417 e. The van der Waals surface area contributed by atoms with Crippen molar-refractivity contribution in [3.63, 3.8) is 0 Å². The van der Waals surface area contributed by atoms with E-state index in [0.717, 1.165) is 0 Å². The minimum absolute atomic E-state index is 0.0237. The zero-order chi connectivity index (χ0) is 17.4. The molecule has 0 unspecified atom stereocenters. The molecule has 0 aromatic rings. The van der Waals surface area contributed by atoms with Crippen LogP contribution in [0.25, 0.3) is 0 Å². The standard InChI is InChI=1S/C16H36O2Si4/c1-11-15(16-13-12-14-17-16)18-22(19(2,3)4,20(5,6)7)21(8,9)10/h11-13,15-16H,1,14H2,2-10H3/t15-,16-/m1/s1. The number of ether oxygens (including phenoxy) is 1. The van der Waals surface area contributed by atoms with E-state index in [1.165, 1.54) is 0 Å². The molecule has 0 aromatic carbocycles. The van der Waals surface area contributed by atoms with Crippen LogP contribution in [0.4, 0.5) is 0 Å². The van der Waals surface area contributed by atoms with Crippen molar-refractivity contribution in [2.75, 3.05) is 6.61 Å². The first-order chi connectivity index (χ1) is 9.78. The van der Waals surface area contributed by atoms with Crippen LogP contribution >= 0.6 is 0 Å². The van der Waals surface area contributed by atoms with E-state index < -0.39 is 29.6 Å². The number of hydrogen-bond acceptors (Lipinski definition) is 2. The third-order valence-electron chi connectivity index (χ3n) is 4.75. The topological polar surface area (TPSA) is 18.5 Å². The van der Waals surface area contributed by atoms with Gasteiger partial charge in [-0.15, -0.1) is 6.58 Å². The van der Waals surface area contributed by atoms with E-state index in [1.54, 1.807) is 0 Å². The van der Waals surface area contributed by atoms with E-state index in [9.17, 15) is 0 Å². The lowest BCUT2D eigenvalue weighted by atomic mass is 10.2. The van der Waals surface area contributed by atoms with Gasteiger partial charge in [-0.2, -0.15) is 0 Å². The highest BCUT2D eigenvalue weighted by atomic mass is 29.9. The van der Waals surface area contributed by atoms with E-state index in [4.69, 9.17) is 9.16 Å². The van der Waals surface area contributed by atoms with Crippen LogP contribution in [-0.4, -0.2) is 48.5 Å². The fraction of sp³-hybridized carbons (Fsp3) is 0.750. The zero-order valence-electron chi connectivity index (χ0n) is 16.1. The Labute approximate surface area is 141 Å². The maximum atomic E-state index is 7.19. The molecule has 22 heavy (non-hydrogen) atoms. The summed E-state index contributed by atoms with van der Waals surface area (Å²) in [7, 11) is -4.28. The SMILES string of the molecule is C=C[C@@H](O[Si]([Si](C)(C)C)([Si](C)(C)C)[Si](C)(C)C)[C@H]1C=CCO1. The Hall–Kier alpha value is 0.268. The smallest absolute Gasteiger partial charge is 0.159 e. The van der Waals surface area contributed by atoms with Crippen LogP contribution < -0.4 is 0 Å². The molecule has 6 heteroatoms. The molecule has 0 N–H and O–H groups in total. The van der Waals surface area contributed by atoms with E-state index in [1.807, 2.05) is 6.08 Å². The van der Waals surface area contributed by atoms with Crippen molar-refractivity contribution >= 4 is 29.6 Å². The summed E-state index contributed by atoms with van der Waals surface area (Å²) in [6.45, 7) is 25.8. The highest BCUT2D eigenvalue weighted by molar-refractivity contribution is 7.87. The zero-order valence-corrected chi connectivity index (χ0v) is 20.1. The summed E-state index contributed by atoms with van der Waals surface area (Å²) < 4.78 is 13.0. The summed E-state index contributed by atoms with van der Waals surface area (Å²) in [6, 6.07) is 0. The Kier molecular flexibility index (Phi) is 6.13. The predicted octanol–water partition coefficient (Wildman–Crippen LogP) is 4.71. The molecule has 0 amide bonds. The van der Waals surface area contributed by atoms with Crippen molar-refractivity contribution in [2.45, 2.75) is 71.1 Å². The van der Waals surface area contributed by atoms with Crippen molar-refractivity contribution in [3.8, 4) is 0 Å². The molecule has 0 aliphatic carbocycles. The molecular formula is C16H36O2Si4. The molecule has 0 saturated carbocycles. The first kappa shape index (κ1) is 20.3. The average Bonchev–Trinajstić information content (AvgIpc) is 2.78. The van der Waals surface area contributed by atoms with Crippen molar-refractivity contribution < 1.29 is 9.16 Å². The van der Waals surface area contributed by atoms with E-state index >= 15 is 0 Å². The second-order valence-electron chi connectivity index (χ2n) is 9.48. The molecule has 128 valence electrons. The van der Waals surface area contributed by atoms with Crippen molar-refractivity contribution in [1.82, 2.24) is 0 Å². The van der Waals surface area contributed by atoms with Gasteiger partial charge in [0.1, 0.15) is 6.10 Å². The third-order valence-corrected chi connectivity index (χ3v) is 72.3. The number of rotatable bonds is 7. The maximum absolute atomic E-state index is 7.19. The fourth-order valence-corrected chi connectivity index (χ4v) is 98.8. The first-order valence-electron chi connectivity index (χ1n) is 8.36. The summed E-state index contributed by atoms with van der Waals surface area (Å²) in [5.74, 6) is 0. The van der Waals surface area contributed by atoms with Gasteiger partial charge in [-0.1, -0.05) is 77.2 Å². The van der Waals surface area contributed by atoms with Gasteiger partial charge in [0.25, 0.3) is 0 Å². The molecule has 0 aromatic heterocycles. The summed E-state index contributed by atoms with van der Waals surface area (Å²) in [4.78, 5) is 0. The summed E-state index contributed by atoms with van der Waals surface area (Å²) in [5, 5.41) is 0. The monoisotopic (exact) mass is 372 g/mol. The second-order valence-corrected chi connectivity index (χ2v) is 48.9. The van der Waals surface area contributed by atoms with Crippen molar-refractivity contribution in [2.24, 2.45) is 0 Å². The molecule has 0 radical (unpaired) electrons. The lowest BCUT2D eigenvalue weighted by Gasteiger charge is -2.57. The molecule has 1 aliphatic heterocycles. The van der Waals surface area contributed by atoms with Gasteiger partial charge in [0.05, 0.1) is 35.5 Å². The highest BCUT2D eigenvalue weighted by Crippen LogP contribution is 2.39. The Balaban J connectivity index is 3.37. The molecule has 1 rings (SSSR count). The minimum atomic E-state index is -1.82. The third kappa shape index (κ3) is 3.67. The Morgan fingerprint density at radius 1 is 1.00 bits per heavy atom. The van der Waals surface area contributed by atoms with Crippen LogP contribution in [0, 0.1) is 0 Å². The fourth-order valence-electron chi connectivity index (χ4n) is 4.98. The summed E-state index contributed by atoms with van der Waals surface area (Å²) >= 11 is 0. The first-order valence-corrected chi connectivity index (χ1v) is 23.8. The molecule has 1 aliphatic rings. The van der Waals surface area contributed by atoms with Gasteiger partial charge < -0.3 is 9.16 Å². The van der Waals surface area contributed by atoms with Crippen LogP contribution in [0.3, 0.4) is 0 Å². The van der Waals surface area contributed by atoms with Gasteiger partial charge in [0, 0.05) is 0 Å². The molecule has 2 atom stereocenters. The van der Waals surface area contributed by atoms with Crippen LogP contribution in [-0.2, 0) is 9.16 Å². The van der Waals surface area contributed by atoms with Crippen LogP contribution in [0.2, 0.25) is 58.9 Å². The molecular weight excluding hydrogens is 337 g/mol. The predicted molar refractivity (Wildman–Crippen MR) is 110 cm³/mol. The lowest BCUT2D eigenvalue weighted by Crippen LogP contribution is -2.85. The molecule has 0 bridgehead atoms. The Bertz CT molecular complexity index is 391. The average molecular weight is 373 g/mol. The molecule has 2 nitrogen and oxygen atoms in total. The van der Waals surface area contributed by atoms with Crippen LogP contribution in [0.5, 0.6) is 0 Å². The van der Waals surface area contributed by atoms with Crippen molar-refractivity contribution in [3.05, 3.63) is 24.8 Å². The van der Waals surface area contributed by atoms with Gasteiger partial charge in [-0.05, 0) is 0 Å². The van der Waals surface area contributed by atoms with E-state index in [-0.39, 0.29) is 12.2 Å². The summed E-state index contributed by atoms with van der Waals surface area (Å²) in [5.41, 5.74) is 0. The second kappa shape index (κ2) is 6.64. The quantitative estimate of drug-likeness (QED) is 0.476.